The summed E-state index contributed by atoms with van der Waals surface area (Å²) in [5.74, 6) is 6.45. The lowest BCUT2D eigenvalue weighted by molar-refractivity contribution is 0.515. The predicted octanol–water partition coefficient (Wildman–Crippen LogP) is -0.247. The molecule has 1 saturated heterocycles. The van der Waals surface area contributed by atoms with E-state index in [0.29, 0.717) is 23.4 Å². The molecule has 1 fully saturated rings. The molecule has 1 aliphatic heterocycles. The third-order valence-electron chi connectivity index (χ3n) is 4.98. The molecule has 3 aromatic rings. The Morgan fingerprint density at radius 1 is 1.11 bits per heavy atom. The van der Waals surface area contributed by atoms with Crippen LogP contribution in [0, 0.1) is 0 Å². The molecule has 142 valence electrons. The molecule has 0 unspecified atom stereocenters. The van der Waals surface area contributed by atoms with Crippen molar-refractivity contribution in [3.05, 3.63) is 59.3 Å². The normalized spacial score (nSPS) is 14.8. The first-order valence-electron chi connectivity index (χ1n) is 9.34. The topological polar surface area (TPSA) is 102 Å². The molecular weight excluding hydrogens is 353 g/mol. The van der Waals surface area contributed by atoms with Crippen molar-refractivity contribution in [3.63, 3.8) is 0 Å². The maximum absolute atomic E-state index is 12.3. The van der Waals surface area contributed by atoms with E-state index >= 15 is 0 Å². The third kappa shape index (κ3) is 3.83. The third-order valence-corrected chi connectivity index (χ3v) is 4.98. The van der Waals surface area contributed by atoms with Gasteiger partial charge in [-0.05, 0) is 31.0 Å². The van der Waals surface area contributed by atoms with Crippen molar-refractivity contribution in [3.8, 4) is 11.4 Å². The Kier molecular flexibility index (Phi) is 4.97. The van der Waals surface area contributed by atoms with Crippen molar-refractivity contribution in [1.29, 1.82) is 0 Å². The Bertz CT molecular complexity index is 999. The summed E-state index contributed by atoms with van der Waals surface area (Å²) >= 11 is 0. The first kappa shape index (κ1) is 18.0. The highest BCUT2D eigenvalue weighted by Crippen LogP contribution is 2.21. The quantitative estimate of drug-likeness (QED) is 0.479. The van der Waals surface area contributed by atoms with Crippen LogP contribution in [0.25, 0.3) is 11.4 Å². The number of aromatic nitrogens is 4. The van der Waals surface area contributed by atoms with Gasteiger partial charge in [0.05, 0.1) is 11.4 Å². The zero-order valence-electron chi connectivity index (χ0n) is 15.7. The van der Waals surface area contributed by atoms with E-state index in [1.165, 1.54) is 17.9 Å². The molecule has 2 aromatic heterocycles. The monoisotopic (exact) mass is 375 g/mol. The van der Waals surface area contributed by atoms with Gasteiger partial charge in [0.25, 0.3) is 5.56 Å². The summed E-state index contributed by atoms with van der Waals surface area (Å²) in [6, 6.07) is 11.9. The number of hydrogen-bond donors (Lipinski definition) is 2. The Labute approximate surface area is 163 Å². The number of nitrogens with two attached hydrogens (primary N) is 1. The number of rotatable bonds is 4. The molecule has 0 spiro atoms. The molecule has 1 aromatic carbocycles. The largest absolute Gasteiger partial charge is 0.382 e. The molecule has 3 N–H and O–H groups in total. The van der Waals surface area contributed by atoms with E-state index in [0.717, 1.165) is 36.3 Å². The summed E-state index contributed by atoms with van der Waals surface area (Å²) < 4.78 is 1.11. The minimum Gasteiger partial charge on any atom is -0.382 e. The molecule has 1 aliphatic rings. The number of nitrogens with zero attached hydrogens (tertiary/aromatic N) is 5. The average molecular weight is 375 g/mol. The second kappa shape index (κ2) is 7.71. The fourth-order valence-corrected chi connectivity index (χ4v) is 3.38. The van der Waals surface area contributed by atoms with E-state index in [-0.39, 0.29) is 5.56 Å². The van der Waals surface area contributed by atoms with Crippen molar-refractivity contribution in [1.82, 2.24) is 19.6 Å². The van der Waals surface area contributed by atoms with E-state index in [1.807, 2.05) is 0 Å². The number of anilines is 2. The molecule has 3 heterocycles. The van der Waals surface area contributed by atoms with Crippen molar-refractivity contribution in [2.24, 2.45) is 0 Å². The molecule has 28 heavy (non-hydrogen) atoms. The van der Waals surface area contributed by atoms with Gasteiger partial charge in [0, 0.05) is 37.1 Å². The molecule has 9 heteroatoms. The van der Waals surface area contributed by atoms with Crippen LogP contribution in [0.2, 0.25) is 0 Å². The van der Waals surface area contributed by atoms with Crippen molar-refractivity contribution >= 4 is 24.9 Å². The van der Waals surface area contributed by atoms with Gasteiger partial charge in [-0.25, -0.2) is 15.0 Å². The second-order valence-corrected chi connectivity index (χ2v) is 7.02. The summed E-state index contributed by atoms with van der Waals surface area (Å²) in [5, 5.41) is 3.58. The van der Waals surface area contributed by atoms with Crippen LogP contribution < -0.4 is 27.1 Å². The molecule has 0 atom stereocenters. The summed E-state index contributed by atoms with van der Waals surface area (Å²) in [4.78, 5) is 27.1. The van der Waals surface area contributed by atoms with Crippen molar-refractivity contribution < 1.29 is 0 Å². The highest BCUT2D eigenvalue weighted by Gasteiger charge is 2.23. The van der Waals surface area contributed by atoms with Crippen LogP contribution in [-0.4, -0.2) is 46.6 Å². The lowest BCUT2D eigenvalue weighted by Crippen LogP contribution is -2.43. The molecular formula is C19H22BN7O. The van der Waals surface area contributed by atoms with Crippen LogP contribution in [0.1, 0.15) is 12.8 Å². The Hall–Kier alpha value is -3.36. The lowest BCUT2D eigenvalue weighted by atomic mass is 9.96. The van der Waals surface area contributed by atoms with Gasteiger partial charge >= 0.3 is 0 Å². The molecule has 4 rings (SSSR count). The van der Waals surface area contributed by atoms with Crippen LogP contribution in [0.5, 0.6) is 0 Å². The zero-order valence-corrected chi connectivity index (χ0v) is 15.7. The SMILES string of the molecule is Bc1ccc(NC2CCN(c3nc(-c4ccncn4)cc(=O)n3N)CC2)cc1. The number of nitrogens with one attached hydrogen (secondary N) is 1. The maximum Gasteiger partial charge on any atom is 0.274 e. The molecule has 0 radical (unpaired) electrons. The summed E-state index contributed by atoms with van der Waals surface area (Å²) in [7, 11) is 2.08. The summed E-state index contributed by atoms with van der Waals surface area (Å²) in [6.07, 6.45) is 4.93. The van der Waals surface area contributed by atoms with Crippen LogP contribution in [-0.2, 0) is 0 Å². The maximum atomic E-state index is 12.3. The standard InChI is InChI=1S/C19H22BN7O/c20-13-1-3-14(4-2-13)24-15-6-9-26(10-7-15)19-25-17(11-18(28)27(19)21)16-5-8-22-12-23-16/h1-5,8,11-12,15,24H,6-7,9-10,20-21H2. The number of benzene rings is 1. The van der Waals surface area contributed by atoms with Crippen molar-refractivity contribution in [2.75, 3.05) is 29.1 Å². The van der Waals surface area contributed by atoms with E-state index in [1.54, 1.807) is 12.3 Å². The van der Waals surface area contributed by atoms with Crippen LogP contribution in [0.3, 0.4) is 0 Å². The minimum atomic E-state index is -0.307. The molecule has 8 nitrogen and oxygen atoms in total. The number of piperidine rings is 1. The molecule has 0 bridgehead atoms. The summed E-state index contributed by atoms with van der Waals surface area (Å²) in [6.45, 7) is 1.53. The highest BCUT2D eigenvalue weighted by molar-refractivity contribution is 6.32. The number of nitrogen functional groups attached to an aromatic ring is 1. The van der Waals surface area contributed by atoms with Gasteiger partial charge in [0.2, 0.25) is 5.95 Å². The molecule has 0 amide bonds. The van der Waals surface area contributed by atoms with Gasteiger partial charge in [-0.1, -0.05) is 17.6 Å². The van der Waals surface area contributed by atoms with Gasteiger partial charge in [0.15, 0.2) is 0 Å². The molecule has 0 aliphatic carbocycles. The average Bonchev–Trinajstić information content (AvgIpc) is 2.73. The van der Waals surface area contributed by atoms with Crippen LogP contribution in [0.4, 0.5) is 11.6 Å². The lowest BCUT2D eigenvalue weighted by Gasteiger charge is -2.34. The van der Waals surface area contributed by atoms with E-state index in [9.17, 15) is 4.79 Å². The van der Waals surface area contributed by atoms with Gasteiger partial charge in [-0.2, -0.15) is 4.68 Å². The zero-order chi connectivity index (χ0) is 19.5. The van der Waals surface area contributed by atoms with Crippen molar-refractivity contribution in [2.45, 2.75) is 18.9 Å². The molecule has 0 saturated carbocycles. The van der Waals surface area contributed by atoms with Gasteiger partial charge in [-0.3, -0.25) is 4.79 Å². The van der Waals surface area contributed by atoms with Gasteiger partial charge in [0.1, 0.15) is 14.2 Å². The smallest absolute Gasteiger partial charge is 0.274 e. The van der Waals surface area contributed by atoms with E-state index in [4.69, 9.17) is 5.84 Å². The Morgan fingerprint density at radius 2 is 1.86 bits per heavy atom. The second-order valence-electron chi connectivity index (χ2n) is 7.02. The fourth-order valence-electron chi connectivity index (χ4n) is 3.38. The van der Waals surface area contributed by atoms with E-state index < -0.39 is 0 Å². The predicted molar refractivity (Wildman–Crippen MR) is 113 cm³/mol. The first-order chi connectivity index (χ1) is 13.6. The van der Waals surface area contributed by atoms with E-state index in [2.05, 4.69) is 57.3 Å². The van der Waals surface area contributed by atoms with Gasteiger partial charge in [-0.15, -0.1) is 0 Å². The summed E-state index contributed by atoms with van der Waals surface area (Å²) in [5.41, 5.74) is 3.17. The first-order valence-corrected chi connectivity index (χ1v) is 9.34. The van der Waals surface area contributed by atoms with Crippen LogP contribution >= 0.6 is 0 Å². The highest BCUT2D eigenvalue weighted by atomic mass is 16.1. The van der Waals surface area contributed by atoms with Gasteiger partial charge < -0.3 is 16.1 Å². The Morgan fingerprint density at radius 3 is 2.54 bits per heavy atom. The van der Waals surface area contributed by atoms with Crippen LogP contribution in [0.15, 0.2) is 53.7 Å². The fraction of sp³-hybridized carbons (Fsp3) is 0.263. The Balaban J connectivity index is 1.49. The minimum absolute atomic E-state index is 0.307. The number of hydrogen-bond acceptors (Lipinski definition) is 7.